The quantitative estimate of drug-likeness (QED) is 0.428. The van der Waals surface area contributed by atoms with Gasteiger partial charge in [-0.3, -0.25) is 0 Å². The third kappa shape index (κ3) is 1.94. The van der Waals surface area contributed by atoms with E-state index in [1.165, 1.54) is 12.3 Å². The van der Waals surface area contributed by atoms with Crippen molar-refractivity contribution in [1.29, 1.82) is 0 Å². The number of phenols is 1. The fraction of sp³-hybridized carbons (Fsp3) is 0. The molecule has 1 rings (SSSR count). The maximum atomic E-state index is 9.14. The molecule has 1 aromatic rings. The molecule has 4 heteroatoms. The van der Waals surface area contributed by atoms with E-state index in [1.807, 2.05) is 0 Å². The number of phenolic OH excluding ortho intramolecular Hbond substituents is 1. The van der Waals surface area contributed by atoms with Crippen molar-refractivity contribution in [1.82, 2.24) is 0 Å². The van der Waals surface area contributed by atoms with Crippen molar-refractivity contribution in [3.8, 4) is 5.75 Å². The number of benzene rings is 1. The van der Waals surface area contributed by atoms with Gasteiger partial charge in [0.05, 0.1) is 6.21 Å². The van der Waals surface area contributed by atoms with Crippen molar-refractivity contribution in [3.63, 3.8) is 0 Å². The summed E-state index contributed by atoms with van der Waals surface area (Å²) in [6.07, 6.45) is 1.17. The van der Waals surface area contributed by atoms with Crippen molar-refractivity contribution in [2.45, 2.75) is 0 Å². The highest BCUT2D eigenvalue weighted by Gasteiger charge is 1.97. The maximum Gasteiger partial charge on any atom is 0.124 e. The monoisotopic (exact) mass is 215 g/mol. The normalized spacial score (nSPS) is 10.6. The van der Waals surface area contributed by atoms with Gasteiger partial charge in [0, 0.05) is 10.0 Å². The fourth-order valence-corrected chi connectivity index (χ4v) is 1.07. The van der Waals surface area contributed by atoms with Gasteiger partial charge in [-0.15, -0.1) is 0 Å². The minimum Gasteiger partial charge on any atom is -0.507 e. The number of hydrogen-bond donors (Lipinski definition) is 2. The Morgan fingerprint density at radius 3 is 2.82 bits per heavy atom. The molecule has 0 saturated carbocycles. The molecule has 0 heterocycles. The van der Waals surface area contributed by atoms with Crippen molar-refractivity contribution in [2.75, 3.05) is 0 Å². The first-order chi connectivity index (χ1) is 5.24. The van der Waals surface area contributed by atoms with Crippen LogP contribution in [0.25, 0.3) is 0 Å². The summed E-state index contributed by atoms with van der Waals surface area (Å²) in [6, 6.07) is 4.86. The number of oxime groups is 1. The van der Waals surface area contributed by atoms with Crippen molar-refractivity contribution >= 4 is 22.1 Å². The molecule has 0 radical (unpaired) electrons. The van der Waals surface area contributed by atoms with Gasteiger partial charge in [-0.1, -0.05) is 21.1 Å². The standard InChI is InChI=1S/C7H6BrNO2/c8-6-1-2-7(10)5(3-6)4-9-11/h1-4,10-11H/b9-4+. The molecule has 0 fully saturated rings. The predicted molar refractivity (Wildman–Crippen MR) is 45.2 cm³/mol. The van der Waals surface area contributed by atoms with Gasteiger partial charge in [-0.2, -0.15) is 0 Å². The van der Waals surface area contributed by atoms with Gasteiger partial charge in [0.2, 0.25) is 0 Å². The lowest BCUT2D eigenvalue weighted by molar-refractivity contribution is 0.321. The SMILES string of the molecule is O/N=C/c1cc(Br)ccc1O. The van der Waals surface area contributed by atoms with Crippen LogP contribution in [0.4, 0.5) is 0 Å². The van der Waals surface area contributed by atoms with E-state index >= 15 is 0 Å². The Morgan fingerprint density at radius 2 is 2.18 bits per heavy atom. The number of nitrogens with zero attached hydrogens (tertiary/aromatic N) is 1. The lowest BCUT2D eigenvalue weighted by atomic mass is 10.2. The van der Waals surface area contributed by atoms with Crippen LogP contribution in [0.1, 0.15) is 5.56 Å². The molecular formula is C7H6BrNO2. The van der Waals surface area contributed by atoms with Gasteiger partial charge in [0.15, 0.2) is 0 Å². The summed E-state index contributed by atoms with van der Waals surface area (Å²) < 4.78 is 0.824. The lowest BCUT2D eigenvalue weighted by Gasteiger charge is -1.96. The molecule has 0 atom stereocenters. The first-order valence-electron chi connectivity index (χ1n) is 2.90. The molecule has 0 aliphatic rings. The number of hydrogen-bond acceptors (Lipinski definition) is 3. The zero-order valence-electron chi connectivity index (χ0n) is 5.53. The summed E-state index contributed by atoms with van der Waals surface area (Å²) in [5, 5.41) is 20.1. The average molecular weight is 216 g/mol. The molecule has 0 bridgehead atoms. The van der Waals surface area contributed by atoms with Gasteiger partial charge < -0.3 is 10.3 Å². The highest BCUT2D eigenvalue weighted by atomic mass is 79.9. The molecule has 3 nitrogen and oxygen atoms in total. The van der Waals surface area contributed by atoms with Gasteiger partial charge in [-0.05, 0) is 18.2 Å². The molecule has 0 saturated heterocycles. The van der Waals surface area contributed by atoms with Crippen LogP contribution in [0, 0.1) is 0 Å². The van der Waals surface area contributed by atoms with Gasteiger partial charge in [0.25, 0.3) is 0 Å². The van der Waals surface area contributed by atoms with E-state index in [1.54, 1.807) is 12.1 Å². The summed E-state index contributed by atoms with van der Waals surface area (Å²) in [7, 11) is 0. The van der Waals surface area contributed by atoms with Gasteiger partial charge >= 0.3 is 0 Å². The van der Waals surface area contributed by atoms with E-state index in [4.69, 9.17) is 10.3 Å². The minimum atomic E-state index is 0.0889. The Bertz CT molecular complexity index is 286. The Balaban J connectivity index is 3.12. The highest BCUT2D eigenvalue weighted by molar-refractivity contribution is 9.10. The second kappa shape index (κ2) is 3.39. The second-order valence-electron chi connectivity index (χ2n) is 1.95. The summed E-state index contributed by atoms with van der Waals surface area (Å²) in [4.78, 5) is 0. The molecule has 0 amide bonds. The lowest BCUT2D eigenvalue weighted by Crippen LogP contribution is -1.81. The maximum absolute atomic E-state index is 9.14. The molecular weight excluding hydrogens is 210 g/mol. The van der Waals surface area contributed by atoms with Gasteiger partial charge in [-0.25, -0.2) is 0 Å². The molecule has 0 aliphatic heterocycles. The van der Waals surface area contributed by atoms with Crippen LogP contribution in [-0.2, 0) is 0 Å². The third-order valence-electron chi connectivity index (χ3n) is 1.19. The molecule has 2 N–H and O–H groups in total. The molecule has 1 aromatic carbocycles. The summed E-state index contributed by atoms with van der Waals surface area (Å²) >= 11 is 3.21. The molecule has 11 heavy (non-hydrogen) atoms. The Labute approximate surface area is 72.1 Å². The second-order valence-corrected chi connectivity index (χ2v) is 2.86. The predicted octanol–water partition coefficient (Wildman–Crippen LogP) is 1.96. The smallest absolute Gasteiger partial charge is 0.124 e. The zero-order chi connectivity index (χ0) is 8.27. The molecule has 0 aromatic heterocycles. The van der Waals surface area contributed by atoms with Crippen LogP contribution in [0.3, 0.4) is 0 Å². The third-order valence-corrected chi connectivity index (χ3v) is 1.68. The molecule has 0 aliphatic carbocycles. The summed E-state index contributed by atoms with van der Waals surface area (Å²) in [5.74, 6) is 0.0889. The summed E-state index contributed by atoms with van der Waals surface area (Å²) in [6.45, 7) is 0. The Kier molecular flexibility index (Phi) is 2.48. The first-order valence-corrected chi connectivity index (χ1v) is 3.69. The van der Waals surface area contributed by atoms with Crippen LogP contribution in [-0.4, -0.2) is 16.5 Å². The van der Waals surface area contributed by atoms with E-state index in [9.17, 15) is 0 Å². The molecule has 0 spiro atoms. The van der Waals surface area contributed by atoms with Crippen LogP contribution >= 0.6 is 15.9 Å². The van der Waals surface area contributed by atoms with Crippen molar-refractivity contribution in [2.24, 2.45) is 5.16 Å². The molecule has 58 valence electrons. The van der Waals surface area contributed by atoms with E-state index in [0.717, 1.165) is 4.47 Å². The topological polar surface area (TPSA) is 52.8 Å². The number of halogens is 1. The van der Waals surface area contributed by atoms with E-state index < -0.39 is 0 Å². The average Bonchev–Trinajstić information content (AvgIpc) is 1.98. The fourth-order valence-electron chi connectivity index (χ4n) is 0.691. The highest BCUT2D eigenvalue weighted by Crippen LogP contribution is 2.19. The minimum absolute atomic E-state index is 0.0889. The first kappa shape index (κ1) is 8.07. The van der Waals surface area contributed by atoms with Crippen LogP contribution in [0.5, 0.6) is 5.75 Å². The number of aromatic hydroxyl groups is 1. The van der Waals surface area contributed by atoms with Gasteiger partial charge in [0.1, 0.15) is 5.75 Å². The number of rotatable bonds is 1. The van der Waals surface area contributed by atoms with E-state index in [0.29, 0.717) is 5.56 Å². The zero-order valence-corrected chi connectivity index (χ0v) is 7.12. The van der Waals surface area contributed by atoms with E-state index in [-0.39, 0.29) is 5.75 Å². The van der Waals surface area contributed by atoms with Crippen LogP contribution < -0.4 is 0 Å². The Morgan fingerprint density at radius 1 is 1.45 bits per heavy atom. The molecule has 0 unspecified atom stereocenters. The summed E-state index contributed by atoms with van der Waals surface area (Å²) in [5.41, 5.74) is 0.474. The van der Waals surface area contributed by atoms with Crippen LogP contribution in [0.2, 0.25) is 0 Å². The largest absolute Gasteiger partial charge is 0.507 e. The van der Waals surface area contributed by atoms with Crippen LogP contribution in [0.15, 0.2) is 27.8 Å². The van der Waals surface area contributed by atoms with E-state index in [2.05, 4.69) is 21.1 Å². The van der Waals surface area contributed by atoms with Crippen molar-refractivity contribution in [3.05, 3.63) is 28.2 Å². The van der Waals surface area contributed by atoms with Crippen molar-refractivity contribution < 1.29 is 10.3 Å². The Hall–Kier alpha value is -1.03.